The predicted molar refractivity (Wildman–Crippen MR) is 70.5 cm³/mol. The molecule has 0 unspecified atom stereocenters. The molecule has 1 atom stereocenters. The molecule has 19 heavy (non-hydrogen) atoms. The third-order valence-electron chi connectivity index (χ3n) is 3.93. The first-order valence-corrected chi connectivity index (χ1v) is 7.17. The van der Waals surface area contributed by atoms with Crippen LogP contribution in [0.4, 0.5) is 0 Å². The van der Waals surface area contributed by atoms with Crippen LogP contribution in [0.2, 0.25) is 0 Å². The summed E-state index contributed by atoms with van der Waals surface area (Å²) in [6, 6.07) is 2.19. The third-order valence-corrected chi connectivity index (χ3v) is 3.93. The van der Waals surface area contributed by atoms with Crippen LogP contribution in [0.1, 0.15) is 25.7 Å². The summed E-state index contributed by atoms with van der Waals surface area (Å²) in [5.74, 6) is 0.849. The summed E-state index contributed by atoms with van der Waals surface area (Å²) < 4.78 is 7.41. The minimum absolute atomic E-state index is 0.135. The average molecular weight is 263 g/mol. The van der Waals surface area contributed by atoms with Gasteiger partial charge in [0.1, 0.15) is 6.61 Å². The highest BCUT2D eigenvalue weighted by atomic mass is 16.5. The van der Waals surface area contributed by atoms with Gasteiger partial charge in [-0.25, -0.2) is 0 Å². The smallest absolute Gasteiger partial charge is 0.248 e. The van der Waals surface area contributed by atoms with Crippen LogP contribution in [-0.4, -0.2) is 46.4 Å². The van der Waals surface area contributed by atoms with Gasteiger partial charge in [0, 0.05) is 18.9 Å². The number of aromatic nitrogens is 2. The molecule has 5 nitrogen and oxygen atoms in total. The van der Waals surface area contributed by atoms with E-state index in [0.717, 1.165) is 32.5 Å². The molecule has 1 aromatic heterocycles. The molecular formula is C14H21N3O2. The molecule has 2 heterocycles. The number of ether oxygens (including phenoxy) is 1. The van der Waals surface area contributed by atoms with Gasteiger partial charge in [0.25, 0.3) is 0 Å². The molecule has 0 spiro atoms. The van der Waals surface area contributed by atoms with Crippen molar-refractivity contribution in [2.45, 2.75) is 38.3 Å². The number of nitrogens with zero attached hydrogens (tertiary/aromatic N) is 3. The van der Waals surface area contributed by atoms with E-state index in [4.69, 9.17) is 4.74 Å². The van der Waals surface area contributed by atoms with Gasteiger partial charge in [-0.3, -0.25) is 9.48 Å². The standard InChI is InChI=1S/C14H21N3O2/c18-14(11-19-10-12-4-5-12)17-8-1-3-13(17)9-16-7-2-6-15-16/h2,6-7,12-13H,1,3-5,8-11H2/t13-/m1/s1. The van der Waals surface area contributed by atoms with Crippen LogP contribution in [0.3, 0.4) is 0 Å². The lowest BCUT2D eigenvalue weighted by Crippen LogP contribution is -2.40. The number of amides is 1. The minimum atomic E-state index is 0.135. The van der Waals surface area contributed by atoms with Crippen molar-refractivity contribution < 1.29 is 9.53 Å². The Labute approximate surface area is 113 Å². The molecule has 1 saturated heterocycles. The first kappa shape index (κ1) is 12.7. The number of carbonyl (C=O) groups is 1. The van der Waals surface area contributed by atoms with Crippen LogP contribution in [0.15, 0.2) is 18.5 Å². The molecule has 2 aliphatic rings. The van der Waals surface area contributed by atoms with E-state index in [1.54, 1.807) is 6.20 Å². The van der Waals surface area contributed by atoms with Crippen molar-refractivity contribution in [2.75, 3.05) is 19.8 Å². The number of rotatable bonds is 6. The first-order valence-electron chi connectivity index (χ1n) is 7.17. The van der Waals surface area contributed by atoms with Gasteiger partial charge in [0.2, 0.25) is 5.91 Å². The second-order valence-corrected chi connectivity index (χ2v) is 5.57. The summed E-state index contributed by atoms with van der Waals surface area (Å²) in [6.45, 7) is 2.65. The maximum atomic E-state index is 12.2. The summed E-state index contributed by atoms with van der Waals surface area (Å²) >= 11 is 0. The number of carbonyl (C=O) groups excluding carboxylic acids is 1. The topological polar surface area (TPSA) is 47.4 Å². The van der Waals surface area contributed by atoms with E-state index in [2.05, 4.69) is 5.10 Å². The third kappa shape index (κ3) is 3.35. The van der Waals surface area contributed by atoms with Gasteiger partial charge in [-0.2, -0.15) is 5.10 Å². The van der Waals surface area contributed by atoms with Gasteiger partial charge < -0.3 is 9.64 Å². The highest BCUT2D eigenvalue weighted by Crippen LogP contribution is 2.28. The average Bonchev–Trinajstić information content (AvgIpc) is 2.91. The minimum Gasteiger partial charge on any atom is -0.371 e. The van der Waals surface area contributed by atoms with Crippen LogP contribution >= 0.6 is 0 Å². The fraction of sp³-hybridized carbons (Fsp3) is 0.714. The van der Waals surface area contributed by atoms with E-state index in [1.807, 2.05) is 21.8 Å². The molecule has 5 heteroatoms. The summed E-state index contributed by atoms with van der Waals surface area (Å²) in [7, 11) is 0. The molecule has 0 aromatic carbocycles. The van der Waals surface area contributed by atoms with Crippen molar-refractivity contribution in [2.24, 2.45) is 5.92 Å². The molecule has 1 amide bonds. The molecule has 0 bridgehead atoms. The van der Waals surface area contributed by atoms with Crippen LogP contribution in [0, 0.1) is 5.92 Å². The zero-order valence-electron chi connectivity index (χ0n) is 11.2. The Kier molecular flexibility index (Phi) is 3.82. The summed E-state index contributed by atoms with van der Waals surface area (Å²) in [6.07, 6.45) is 8.40. The normalized spacial score (nSPS) is 22.9. The molecule has 3 rings (SSSR count). The molecule has 0 N–H and O–H groups in total. The van der Waals surface area contributed by atoms with E-state index in [-0.39, 0.29) is 18.6 Å². The van der Waals surface area contributed by atoms with E-state index in [0.29, 0.717) is 5.92 Å². The van der Waals surface area contributed by atoms with Gasteiger partial charge in [0.05, 0.1) is 19.2 Å². The van der Waals surface area contributed by atoms with Gasteiger partial charge in [-0.05, 0) is 37.7 Å². The molecule has 1 saturated carbocycles. The fourth-order valence-electron chi connectivity index (χ4n) is 2.66. The van der Waals surface area contributed by atoms with Crippen molar-refractivity contribution in [1.82, 2.24) is 14.7 Å². The maximum Gasteiger partial charge on any atom is 0.248 e. The summed E-state index contributed by atoms with van der Waals surface area (Å²) in [4.78, 5) is 14.1. The van der Waals surface area contributed by atoms with Crippen molar-refractivity contribution in [3.63, 3.8) is 0 Å². The lowest BCUT2D eigenvalue weighted by molar-refractivity contribution is -0.137. The molecule has 104 valence electrons. The van der Waals surface area contributed by atoms with Crippen LogP contribution in [0.5, 0.6) is 0 Å². The lowest BCUT2D eigenvalue weighted by Gasteiger charge is -2.24. The molecular weight excluding hydrogens is 242 g/mol. The predicted octanol–water partition coefficient (Wildman–Crippen LogP) is 1.30. The van der Waals surface area contributed by atoms with Crippen molar-refractivity contribution in [1.29, 1.82) is 0 Å². The summed E-state index contributed by atoms with van der Waals surface area (Å²) in [5, 5.41) is 4.21. The van der Waals surface area contributed by atoms with Gasteiger partial charge >= 0.3 is 0 Å². The quantitative estimate of drug-likeness (QED) is 0.777. The van der Waals surface area contributed by atoms with E-state index in [9.17, 15) is 4.79 Å². The molecule has 1 aliphatic carbocycles. The Bertz CT molecular complexity index is 414. The van der Waals surface area contributed by atoms with Crippen LogP contribution < -0.4 is 0 Å². The van der Waals surface area contributed by atoms with Crippen molar-refractivity contribution >= 4 is 5.91 Å². The maximum absolute atomic E-state index is 12.2. The van der Waals surface area contributed by atoms with E-state index < -0.39 is 0 Å². The SMILES string of the molecule is O=C(COCC1CC1)N1CCC[C@@H]1Cn1cccn1. The molecule has 0 radical (unpaired) electrons. The largest absolute Gasteiger partial charge is 0.371 e. The zero-order chi connectivity index (χ0) is 13.1. The van der Waals surface area contributed by atoms with Crippen LogP contribution in [0.25, 0.3) is 0 Å². The van der Waals surface area contributed by atoms with Crippen LogP contribution in [-0.2, 0) is 16.1 Å². The number of hydrogen-bond donors (Lipinski definition) is 0. The molecule has 2 fully saturated rings. The Hall–Kier alpha value is -1.36. The Balaban J connectivity index is 1.48. The second-order valence-electron chi connectivity index (χ2n) is 5.57. The van der Waals surface area contributed by atoms with Crippen molar-refractivity contribution in [3.8, 4) is 0 Å². The first-order chi connectivity index (χ1) is 9.33. The molecule has 1 aliphatic heterocycles. The van der Waals surface area contributed by atoms with Crippen molar-refractivity contribution in [3.05, 3.63) is 18.5 Å². The zero-order valence-corrected chi connectivity index (χ0v) is 11.2. The number of likely N-dealkylation sites (tertiary alicyclic amines) is 1. The molecule has 1 aromatic rings. The highest BCUT2D eigenvalue weighted by molar-refractivity contribution is 5.78. The van der Waals surface area contributed by atoms with E-state index in [1.165, 1.54) is 12.8 Å². The lowest BCUT2D eigenvalue weighted by atomic mass is 10.2. The summed E-state index contributed by atoms with van der Waals surface area (Å²) in [5.41, 5.74) is 0. The highest BCUT2D eigenvalue weighted by Gasteiger charge is 2.29. The Morgan fingerprint density at radius 1 is 1.37 bits per heavy atom. The monoisotopic (exact) mass is 263 g/mol. The fourth-order valence-corrected chi connectivity index (χ4v) is 2.66. The Morgan fingerprint density at radius 2 is 2.26 bits per heavy atom. The van der Waals surface area contributed by atoms with Gasteiger partial charge in [-0.15, -0.1) is 0 Å². The van der Waals surface area contributed by atoms with E-state index >= 15 is 0 Å². The van der Waals surface area contributed by atoms with Gasteiger partial charge in [-0.1, -0.05) is 0 Å². The van der Waals surface area contributed by atoms with Gasteiger partial charge in [0.15, 0.2) is 0 Å². The second kappa shape index (κ2) is 5.74. The Morgan fingerprint density at radius 3 is 3.00 bits per heavy atom. The number of hydrogen-bond acceptors (Lipinski definition) is 3.